The number of aryl methyl sites for hydroxylation is 1. The lowest BCUT2D eigenvalue weighted by molar-refractivity contribution is -0.137. The van der Waals surface area contributed by atoms with Gasteiger partial charge >= 0.3 is 6.18 Å². The van der Waals surface area contributed by atoms with Crippen LogP contribution in [-0.4, -0.2) is 21.9 Å². The highest BCUT2D eigenvalue weighted by Crippen LogP contribution is 2.30. The minimum Gasteiger partial charge on any atom is -0.349 e. The van der Waals surface area contributed by atoms with E-state index in [-0.39, 0.29) is 11.9 Å². The largest absolute Gasteiger partial charge is 0.416 e. The molecule has 0 bridgehead atoms. The second-order valence-corrected chi connectivity index (χ2v) is 6.58. The van der Waals surface area contributed by atoms with Crippen LogP contribution < -0.4 is 5.32 Å². The molecule has 4 nitrogen and oxygen atoms in total. The molecule has 3 rings (SSSR count). The molecule has 1 aromatic carbocycles. The highest BCUT2D eigenvalue weighted by molar-refractivity contribution is 5.95. The van der Waals surface area contributed by atoms with Gasteiger partial charge in [-0.2, -0.15) is 13.2 Å². The van der Waals surface area contributed by atoms with Crippen molar-refractivity contribution in [2.75, 3.05) is 0 Å². The molecule has 0 aliphatic heterocycles. The average molecular weight is 363 g/mol. The Morgan fingerprint density at radius 3 is 2.35 bits per heavy atom. The van der Waals surface area contributed by atoms with Crippen molar-refractivity contribution in [2.45, 2.75) is 51.2 Å². The summed E-state index contributed by atoms with van der Waals surface area (Å²) < 4.78 is 37.9. The standard InChI is InChI=1S/C19H20F3N3O/c1-12-16(18(26)25-15-5-3-2-4-6-15)11-23-17(24-12)13-7-9-14(10-8-13)19(20,21)22/h7-11,15H,2-6H2,1H3,(H,25,26). The molecule has 0 radical (unpaired) electrons. The van der Waals surface area contributed by atoms with Gasteiger partial charge < -0.3 is 5.32 Å². The first-order valence-electron chi connectivity index (χ1n) is 8.67. The molecule has 1 N–H and O–H groups in total. The Balaban J connectivity index is 1.75. The zero-order valence-electron chi connectivity index (χ0n) is 14.4. The smallest absolute Gasteiger partial charge is 0.349 e. The number of rotatable bonds is 3. The lowest BCUT2D eigenvalue weighted by atomic mass is 9.95. The van der Waals surface area contributed by atoms with Crippen molar-refractivity contribution in [3.8, 4) is 11.4 Å². The highest BCUT2D eigenvalue weighted by Gasteiger charge is 2.30. The van der Waals surface area contributed by atoms with E-state index < -0.39 is 11.7 Å². The molecule has 7 heteroatoms. The fourth-order valence-electron chi connectivity index (χ4n) is 3.15. The molecule has 26 heavy (non-hydrogen) atoms. The van der Waals surface area contributed by atoms with E-state index in [1.54, 1.807) is 6.92 Å². The third-order valence-corrected chi connectivity index (χ3v) is 4.63. The van der Waals surface area contributed by atoms with Crippen LogP contribution in [0.1, 0.15) is 53.7 Å². The first kappa shape index (κ1) is 18.4. The molecule has 1 fully saturated rings. The molecular weight excluding hydrogens is 343 g/mol. The normalized spacial score (nSPS) is 15.7. The Morgan fingerprint density at radius 1 is 1.12 bits per heavy atom. The summed E-state index contributed by atoms with van der Waals surface area (Å²) in [4.78, 5) is 20.9. The summed E-state index contributed by atoms with van der Waals surface area (Å²) in [6.45, 7) is 1.70. The van der Waals surface area contributed by atoms with Crippen LogP contribution in [0.25, 0.3) is 11.4 Å². The van der Waals surface area contributed by atoms with Crippen LogP contribution in [0, 0.1) is 6.92 Å². The number of benzene rings is 1. The monoisotopic (exact) mass is 363 g/mol. The van der Waals surface area contributed by atoms with Crippen molar-refractivity contribution in [3.05, 3.63) is 47.3 Å². The number of hydrogen-bond donors (Lipinski definition) is 1. The molecule has 0 atom stereocenters. The van der Waals surface area contributed by atoms with Crippen LogP contribution in [0.2, 0.25) is 0 Å². The molecule has 1 aromatic heterocycles. The average Bonchev–Trinajstić information content (AvgIpc) is 2.62. The third-order valence-electron chi connectivity index (χ3n) is 4.63. The summed E-state index contributed by atoms with van der Waals surface area (Å²) in [7, 11) is 0. The van der Waals surface area contributed by atoms with Gasteiger partial charge in [-0.1, -0.05) is 31.4 Å². The Hall–Kier alpha value is -2.44. The Bertz CT molecular complexity index is 782. The predicted molar refractivity (Wildman–Crippen MR) is 91.5 cm³/mol. The molecule has 0 spiro atoms. The van der Waals surface area contributed by atoms with Crippen molar-refractivity contribution in [3.63, 3.8) is 0 Å². The van der Waals surface area contributed by atoms with Gasteiger partial charge in [-0.25, -0.2) is 9.97 Å². The second kappa shape index (κ2) is 7.43. The Labute approximate surface area is 149 Å². The van der Waals surface area contributed by atoms with Crippen LogP contribution in [0.3, 0.4) is 0 Å². The first-order valence-corrected chi connectivity index (χ1v) is 8.67. The maximum Gasteiger partial charge on any atom is 0.416 e. The summed E-state index contributed by atoms with van der Waals surface area (Å²) >= 11 is 0. The van der Waals surface area contributed by atoms with E-state index in [2.05, 4.69) is 15.3 Å². The minimum absolute atomic E-state index is 0.185. The van der Waals surface area contributed by atoms with Gasteiger partial charge in [0.05, 0.1) is 16.8 Å². The predicted octanol–water partition coefficient (Wildman–Crippen LogP) is 4.53. The quantitative estimate of drug-likeness (QED) is 0.871. The van der Waals surface area contributed by atoms with Crippen LogP contribution in [0.4, 0.5) is 13.2 Å². The fourth-order valence-corrected chi connectivity index (χ4v) is 3.15. The summed E-state index contributed by atoms with van der Waals surface area (Å²) in [5, 5.41) is 3.02. The topological polar surface area (TPSA) is 54.9 Å². The first-order chi connectivity index (χ1) is 12.3. The van der Waals surface area contributed by atoms with Gasteiger partial charge in [-0.15, -0.1) is 0 Å². The van der Waals surface area contributed by atoms with Gasteiger partial charge in [-0.05, 0) is 31.9 Å². The van der Waals surface area contributed by atoms with Crippen molar-refractivity contribution in [1.29, 1.82) is 0 Å². The molecule has 0 unspecified atom stereocenters. The van der Waals surface area contributed by atoms with Crippen LogP contribution in [0.5, 0.6) is 0 Å². The van der Waals surface area contributed by atoms with E-state index in [0.717, 1.165) is 37.8 Å². The summed E-state index contributed by atoms with van der Waals surface area (Å²) in [6.07, 6.45) is 2.46. The maximum absolute atomic E-state index is 12.6. The van der Waals surface area contributed by atoms with Gasteiger partial charge in [0.15, 0.2) is 5.82 Å². The van der Waals surface area contributed by atoms with Gasteiger partial charge in [-0.3, -0.25) is 4.79 Å². The van der Waals surface area contributed by atoms with Gasteiger partial charge in [0.25, 0.3) is 5.91 Å². The van der Waals surface area contributed by atoms with E-state index in [0.29, 0.717) is 22.6 Å². The molecule has 1 amide bonds. The van der Waals surface area contributed by atoms with Crippen LogP contribution >= 0.6 is 0 Å². The summed E-state index contributed by atoms with van der Waals surface area (Å²) in [6, 6.07) is 4.85. The second-order valence-electron chi connectivity index (χ2n) is 6.58. The third kappa shape index (κ3) is 4.20. The van der Waals surface area contributed by atoms with Crippen molar-refractivity contribution < 1.29 is 18.0 Å². The van der Waals surface area contributed by atoms with Gasteiger partial charge in [0.1, 0.15) is 0 Å². The zero-order chi connectivity index (χ0) is 18.7. The van der Waals surface area contributed by atoms with Gasteiger partial charge in [0.2, 0.25) is 0 Å². The number of nitrogens with one attached hydrogen (secondary N) is 1. The molecule has 2 aromatic rings. The molecule has 1 saturated carbocycles. The Morgan fingerprint density at radius 2 is 1.77 bits per heavy atom. The van der Waals surface area contributed by atoms with E-state index in [9.17, 15) is 18.0 Å². The maximum atomic E-state index is 12.6. The van der Waals surface area contributed by atoms with Crippen molar-refractivity contribution in [1.82, 2.24) is 15.3 Å². The van der Waals surface area contributed by atoms with E-state index >= 15 is 0 Å². The van der Waals surface area contributed by atoms with Crippen LogP contribution in [0.15, 0.2) is 30.5 Å². The minimum atomic E-state index is -4.38. The SMILES string of the molecule is Cc1nc(-c2ccc(C(F)(F)F)cc2)ncc1C(=O)NC1CCCCC1. The van der Waals surface area contributed by atoms with E-state index in [1.807, 2.05) is 0 Å². The van der Waals surface area contributed by atoms with E-state index in [4.69, 9.17) is 0 Å². The number of halogens is 3. The molecular formula is C19H20F3N3O. The van der Waals surface area contributed by atoms with Crippen molar-refractivity contribution in [2.24, 2.45) is 0 Å². The van der Waals surface area contributed by atoms with E-state index in [1.165, 1.54) is 24.8 Å². The number of hydrogen-bond acceptors (Lipinski definition) is 3. The molecule has 1 aliphatic carbocycles. The molecule has 0 saturated heterocycles. The fraction of sp³-hybridized carbons (Fsp3) is 0.421. The lowest BCUT2D eigenvalue weighted by Crippen LogP contribution is -2.36. The number of nitrogens with zero attached hydrogens (tertiary/aromatic N) is 2. The number of carbonyl (C=O) groups is 1. The van der Waals surface area contributed by atoms with Gasteiger partial charge in [0, 0.05) is 17.8 Å². The highest BCUT2D eigenvalue weighted by atomic mass is 19.4. The Kier molecular flexibility index (Phi) is 5.25. The molecule has 1 heterocycles. The van der Waals surface area contributed by atoms with Crippen molar-refractivity contribution >= 4 is 5.91 Å². The molecule has 1 aliphatic rings. The number of amides is 1. The van der Waals surface area contributed by atoms with Crippen LogP contribution in [-0.2, 0) is 6.18 Å². The molecule has 138 valence electrons. The summed E-state index contributed by atoms with van der Waals surface area (Å²) in [5.74, 6) is 0.0961. The number of alkyl halides is 3. The summed E-state index contributed by atoms with van der Waals surface area (Å²) in [5.41, 5.74) is 0.649. The number of carbonyl (C=O) groups excluding carboxylic acids is 1. The lowest BCUT2D eigenvalue weighted by Gasteiger charge is -2.23. The zero-order valence-corrected chi connectivity index (χ0v) is 14.4. The number of aromatic nitrogens is 2.